The van der Waals surface area contributed by atoms with Gasteiger partial charge < -0.3 is 9.84 Å². The van der Waals surface area contributed by atoms with Gasteiger partial charge in [-0.25, -0.2) is 8.42 Å². The van der Waals surface area contributed by atoms with Crippen LogP contribution in [0.15, 0.2) is 23.1 Å². The van der Waals surface area contributed by atoms with Gasteiger partial charge in [0.2, 0.25) is 10.0 Å². The number of aryl methyl sites for hydroxylation is 1. The van der Waals surface area contributed by atoms with E-state index in [2.05, 4.69) is 0 Å². The Balaban J connectivity index is 2.47. The predicted octanol–water partition coefficient (Wildman–Crippen LogP) is 1.24. The number of rotatable bonds is 6. The quantitative estimate of drug-likeness (QED) is 0.854. The zero-order valence-corrected chi connectivity index (χ0v) is 12.2. The fourth-order valence-corrected chi connectivity index (χ4v) is 3.89. The second-order valence-electron chi connectivity index (χ2n) is 4.83. The van der Waals surface area contributed by atoms with Crippen molar-refractivity contribution in [2.45, 2.75) is 30.7 Å². The smallest absolute Gasteiger partial charge is 0.318 e. The maximum Gasteiger partial charge on any atom is 0.318 e. The van der Waals surface area contributed by atoms with Crippen molar-refractivity contribution in [2.24, 2.45) is 0 Å². The molecule has 1 aromatic rings. The largest absolute Gasteiger partial charge is 0.495 e. The number of nitrogens with zero attached hydrogens (tertiary/aromatic N) is 1. The van der Waals surface area contributed by atoms with E-state index in [0.29, 0.717) is 12.8 Å². The first kappa shape index (κ1) is 14.8. The van der Waals surface area contributed by atoms with Gasteiger partial charge >= 0.3 is 5.97 Å². The first-order chi connectivity index (χ1) is 9.36. The van der Waals surface area contributed by atoms with Gasteiger partial charge in [0.25, 0.3) is 0 Å². The standard InChI is InChI=1S/C13H17NO5S/c1-9-3-6-11(19-2)12(7-9)20(17,18)14(8-13(15)16)10-4-5-10/h3,6-7,10H,4-5,8H2,1-2H3,(H,15,16). The maximum absolute atomic E-state index is 12.7. The molecule has 0 bridgehead atoms. The SMILES string of the molecule is COc1ccc(C)cc1S(=O)(=O)N(CC(=O)O)C1CC1. The minimum absolute atomic E-state index is 0.0214. The number of carbonyl (C=O) groups is 1. The molecule has 0 spiro atoms. The molecule has 1 N–H and O–H groups in total. The summed E-state index contributed by atoms with van der Waals surface area (Å²) >= 11 is 0. The molecule has 2 rings (SSSR count). The minimum Gasteiger partial charge on any atom is -0.495 e. The average Bonchev–Trinajstić information content (AvgIpc) is 3.19. The number of sulfonamides is 1. The molecule has 0 atom stereocenters. The van der Waals surface area contributed by atoms with E-state index in [9.17, 15) is 13.2 Å². The first-order valence-corrected chi connectivity index (χ1v) is 7.68. The monoisotopic (exact) mass is 299 g/mol. The normalized spacial score (nSPS) is 15.3. The van der Waals surface area contributed by atoms with Gasteiger partial charge in [-0.2, -0.15) is 4.31 Å². The second kappa shape index (κ2) is 5.41. The number of hydrogen-bond donors (Lipinski definition) is 1. The van der Waals surface area contributed by atoms with Crippen LogP contribution < -0.4 is 4.74 Å². The van der Waals surface area contributed by atoms with Crippen molar-refractivity contribution in [3.8, 4) is 5.75 Å². The lowest BCUT2D eigenvalue weighted by molar-refractivity contribution is -0.137. The van der Waals surface area contributed by atoms with E-state index in [-0.39, 0.29) is 16.7 Å². The van der Waals surface area contributed by atoms with Crippen LogP contribution >= 0.6 is 0 Å². The van der Waals surface area contributed by atoms with Gasteiger partial charge in [0.15, 0.2) is 0 Å². The Labute approximate surface area is 118 Å². The molecule has 1 saturated carbocycles. The highest BCUT2D eigenvalue weighted by Gasteiger charge is 2.40. The summed E-state index contributed by atoms with van der Waals surface area (Å²) in [6.45, 7) is 1.25. The van der Waals surface area contributed by atoms with Crippen molar-refractivity contribution < 1.29 is 23.1 Å². The molecule has 1 fully saturated rings. The van der Waals surface area contributed by atoms with E-state index in [0.717, 1.165) is 9.87 Å². The van der Waals surface area contributed by atoms with Crippen LogP contribution in [-0.4, -0.2) is 43.5 Å². The molecule has 0 saturated heterocycles. The van der Waals surface area contributed by atoms with Crippen molar-refractivity contribution in [3.63, 3.8) is 0 Å². The summed E-state index contributed by atoms with van der Waals surface area (Å²) in [4.78, 5) is 10.9. The van der Waals surface area contributed by atoms with Crippen LogP contribution in [0, 0.1) is 6.92 Å². The molecule has 1 aliphatic carbocycles. The molecular weight excluding hydrogens is 282 g/mol. The zero-order valence-electron chi connectivity index (χ0n) is 11.4. The fourth-order valence-electron chi connectivity index (χ4n) is 2.02. The molecule has 0 unspecified atom stereocenters. The number of aliphatic carboxylic acids is 1. The Morgan fingerprint density at radius 2 is 2.10 bits per heavy atom. The van der Waals surface area contributed by atoms with E-state index in [1.54, 1.807) is 19.1 Å². The summed E-state index contributed by atoms with van der Waals surface area (Å²) < 4.78 is 31.5. The van der Waals surface area contributed by atoms with Crippen molar-refractivity contribution in [2.75, 3.05) is 13.7 Å². The molecular formula is C13H17NO5S. The maximum atomic E-state index is 12.7. The van der Waals surface area contributed by atoms with E-state index in [1.807, 2.05) is 0 Å². The van der Waals surface area contributed by atoms with Gasteiger partial charge in [-0.15, -0.1) is 0 Å². The van der Waals surface area contributed by atoms with Crippen LogP contribution in [0.3, 0.4) is 0 Å². The van der Waals surface area contributed by atoms with Gasteiger partial charge in [0.05, 0.1) is 7.11 Å². The van der Waals surface area contributed by atoms with Crippen molar-refractivity contribution in [1.29, 1.82) is 0 Å². The van der Waals surface area contributed by atoms with Crippen LogP contribution in [0.4, 0.5) is 0 Å². The lowest BCUT2D eigenvalue weighted by Gasteiger charge is -2.21. The van der Waals surface area contributed by atoms with Crippen LogP contribution in [0.5, 0.6) is 5.75 Å². The van der Waals surface area contributed by atoms with Gasteiger partial charge in [-0.3, -0.25) is 4.79 Å². The molecule has 7 heteroatoms. The third-order valence-corrected chi connectivity index (χ3v) is 5.07. The molecule has 20 heavy (non-hydrogen) atoms. The third-order valence-electron chi connectivity index (χ3n) is 3.15. The van der Waals surface area contributed by atoms with Gasteiger partial charge in [-0.1, -0.05) is 6.07 Å². The highest BCUT2D eigenvalue weighted by atomic mass is 32.2. The Hall–Kier alpha value is -1.60. The topological polar surface area (TPSA) is 83.9 Å². The molecule has 6 nitrogen and oxygen atoms in total. The Morgan fingerprint density at radius 1 is 1.45 bits per heavy atom. The number of hydrogen-bond acceptors (Lipinski definition) is 4. The van der Waals surface area contributed by atoms with Gasteiger partial charge in [0.1, 0.15) is 17.2 Å². The van der Waals surface area contributed by atoms with E-state index >= 15 is 0 Å². The van der Waals surface area contributed by atoms with Crippen molar-refractivity contribution in [3.05, 3.63) is 23.8 Å². The average molecular weight is 299 g/mol. The van der Waals surface area contributed by atoms with Crippen LogP contribution in [0.1, 0.15) is 18.4 Å². The van der Waals surface area contributed by atoms with Crippen molar-refractivity contribution >= 4 is 16.0 Å². The van der Waals surface area contributed by atoms with Gasteiger partial charge in [0, 0.05) is 6.04 Å². The Bertz CT molecular complexity index is 622. The van der Waals surface area contributed by atoms with Gasteiger partial charge in [-0.05, 0) is 37.5 Å². The fraction of sp³-hybridized carbons (Fsp3) is 0.462. The van der Waals surface area contributed by atoms with E-state index in [1.165, 1.54) is 13.2 Å². The molecule has 0 radical (unpaired) electrons. The third kappa shape index (κ3) is 2.94. The summed E-state index contributed by atoms with van der Waals surface area (Å²) in [7, 11) is -2.48. The molecule has 0 aliphatic heterocycles. The lowest BCUT2D eigenvalue weighted by atomic mass is 10.2. The summed E-state index contributed by atoms with van der Waals surface area (Å²) in [5.41, 5.74) is 0.774. The lowest BCUT2D eigenvalue weighted by Crippen LogP contribution is -2.37. The summed E-state index contributed by atoms with van der Waals surface area (Å²) in [6.07, 6.45) is 1.39. The zero-order chi connectivity index (χ0) is 14.9. The molecule has 1 aliphatic rings. The number of ether oxygens (including phenoxy) is 1. The number of methoxy groups -OCH3 is 1. The minimum atomic E-state index is -3.87. The van der Waals surface area contributed by atoms with Crippen LogP contribution in [-0.2, 0) is 14.8 Å². The molecule has 110 valence electrons. The molecule has 0 amide bonds. The number of carboxylic acid groups (broad SMARTS) is 1. The highest BCUT2D eigenvalue weighted by molar-refractivity contribution is 7.89. The Kier molecular flexibility index (Phi) is 4.01. The summed E-state index contributed by atoms with van der Waals surface area (Å²) in [5, 5.41) is 8.91. The Morgan fingerprint density at radius 3 is 2.60 bits per heavy atom. The second-order valence-corrected chi connectivity index (χ2v) is 6.69. The predicted molar refractivity (Wildman–Crippen MR) is 72.3 cm³/mol. The molecule has 0 aromatic heterocycles. The van der Waals surface area contributed by atoms with Crippen LogP contribution in [0.25, 0.3) is 0 Å². The molecule has 0 heterocycles. The highest BCUT2D eigenvalue weighted by Crippen LogP contribution is 2.35. The van der Waals surface area contributed by atoms with Crippen molar-refractivity contribution in [1.82, 2.24) is 4.31 Å². The number of carboxylic acids is 1. The van der Waals surface area contributed by atoms with E-state index < -0.39 is 22.5 Å². The van der Waals surface area contributed by atoms with E-state index in [4.69, 9.17) is 9.84 Å². The number of benzene rings is 1. The first-order valence-electron chi connectivity index (χ1n) is 6.24. The van der Waals surface area contributed by atoms with Crippen LogP contribution in [0.2, 0.25) is 0 Å². The summed E-state index contributed by atoms with van der Waals surface area (Å²) in [5.74, 6) is -0.932. The summed E-state index contributed by atoms with van der Waals surface area (Å²) in [6, 6.07) is 4.61. The molecule has 1 aromatic carbocycles.